The van der Waals surface area contributed by atoms with Gasteiger partial charge >= 0.3 is 0 Å². The summed E-state index contributed by atoms with van der Waals surface area (Å²) in [5.74, 6) is -0.120. The molecule has 3 N–H and O–H groups in total. The molecule has 2 aromatic rings. The summed E-state index contributed by atoms with van der Waals surface area (Å²) in [6.07, 6.45) is 0.719. The molecule has 2 aromatic carbocycles. The molecular weight excluding hydrogens is 254 g/mol. The van der Waals surface area contributed by atoms with E-state index in [1.165, 1.54) is 12.1 Å². The Bertz CT molecular complexity index is 579. The van der Waals surface area contributed by atoms with Crippen molar-refractivity contribution in [1.29, 1.82) is 0 Å². The Morgan fingerprint density at radius 1 is 1.05 bits per heavy atom. The summed E-state index contributed by atoms with van der Waals surface area (Å²) in [4.78, 5) is 11.8. The third kappa shape index (κ3) is 3.83. The Labute approximate surface area is 117 Å². The van der Waals surface area contributed by atoms with Crippen molar-refractivity contribution in [2.24, 2.45) is 0 Å². The molecule has 0 atom stereocenters. The lowest BCUT2D eigenvalue weighted by molar-refractivity contribution is 0.0953. The van der Waals surface area contributed by atoms with Crippen LogP contribution in [0.1, 0.15) is 21.5 Å². The highest BCUT2D eigenvalue weighted by Crippen LogP contribution is 2.10. The van der Waals surface area contributed by atoms with Crippen LogP contribution in [-0.2, 0) is 13.0 Å². The molecule has 0 heterocycles. The van der Waals surface area contributed by atoms with Gasteiger partial charge in [-0.2, -0.15) is 0 Å². The number of rotatable bonds is 5. The highest BCUT2D eigenvalue weighted by atomic mass is 16.3. The predicted molar refractivity (Wildman–Crippen MR) is 76.5 cm³/mol. The summed E-state index contributed by atoms with van der Waals surface area (Å²) in [6, 6.07) is 13.9. The number of aromatic hydroxyl groups is 1. The Hall–Kier alpha value is -2.33. The number of benzene rings is 2. The number of phenolic OH excluding ortho intramolecular Hbond substituents is 1. The molecule has 0 aliphatic rings. The van der Waals surface area contributed by atoms with Crippen molar-refractivity contribution in [2.45, 2.75) is 13.0 Å². The first-order valence-electron chi connectivity index (χ1n) is 6.45. The van der Waals surface area contributed by atoms with Crippen molar-refractivity contribution in [3.05, 3.63) is 65.2 Å². The highest BCUT2D eigenvalue weighted by molar-refractivity contribution is 5.94. The Morgan fingerprint density at radius 3 is 2.40 bits per heavy atom. The van der Waals surface area contributed by atoms with E-state index in [4.69, 9.17) is 5.11 Å². The first-order valence-corrected chi connectivity index (χ1v) is 6.45. The average Bonchev–Trinajstić information content (AvgIpc) is 2.48. The summed E-state index contributed by atoms with van der Waals surface area (Å²) < 4.78 is 0. The van der Waals surface area contributed by atoms with Crippen molar-refractivity contribution in [3.63, 3.8) is 0 Å². The largest absolute Gasteiger partial charge is 0.508 e. The van der Waals surface area contributed by atoms with Crippen molar-refractivity contribution >= 4 is 5.91 Å². The maximum atomic E-state index is 11.8. The zero-order valence-corrected chi connectivity index (χ0v) is 11.0. The van der Waals surface area contributed by atoms with E-state index >= 15 is 0 Å². The fourth-order valence-corrected chi connectivity index (χ4v) is 1.88. The predicted octanol–water partition coefficient (Wildman–Crippen LogP) is 1.86. The molecule has 2 rings (SSSR count). The van der Waals surface area contributed by atoms with Crippen LogP contribution < -0.4 is 5.32 Å². The molecule has 20 heavy (non-hydrogen) atoms. The van der Waals surface area contributed by atoms with Crippen LogP contribution in [0.4, 0.5) is 0 Å². The second-order valence-corrected chi connectivity index (χ2v) is 4.53. The van der Waals surface area contributed by atoms with Gasteiger partial charge in [0, 0.05) is 12.1 Å². The molecule has 0 spiro atoms. The molecule has 1 amide bonds. The van der Waals surface area contributed by atoms with E-state index in [0.29, 0.717) is 12.1 Å². The highest BCUT2D eigenvalue weighted by Gasteiger charge is 2.05. The Kier molecular flexibility index (Phi) is 4.74. The number of aliphatic hydroxyl groups is 1. The lowest BCUT2D eigenvalue weighted by Gasteiger charge is -2.06. The first-order chi connectivity index (χ1) is 9.69. The topological polar surface area (TPSA) is 69.6 Å². The molecule has 0 fully saturated rings. The summed E-state index contributed by atoms with van der Waals surface area (Å²) in [6.45, 7) is 0.557. The molecule has 0 unspecified atom stereocenters. The van der Waals surface area contributed by atoms with Crippen LogP contribution in [0.3, 0.4) is 0 Å². The van der Waals surface area contributed by atoms with Gasteiger partial charge in [0.15, 0.2) is 0 Å². The van der Waals surface area contributed by atoms with Crippen LogP contribution >= 0.6 is 0 Å². The summed E-state index contributed by atoms with van der Waals surface area (Å²) in [5.41, 5.74) is 2.41. The molecule has 0 bridgehead atoms. The number of carbonyl (C=O) groups excluding carboxylic acids is 1. The van der Waals surface area contributed by atoms with Crippen LogP contribution in [0.25, 0.3) is 0 Å². The summed E-state index contributed by atoms with van der Waals surface area (Å²) in [7, 11) is 0. The molecule has 0 saturated carbocycles. The van der Waals surface area contributed by atoms with E-state index in [1.54, 1.807) is 12.1 Å². The van der Waals surface area contributed by atoms with Crippen molar-refractivity contribution in [2.75, 3.05) is 6.54 Å². The van der Waals surface area contributed by atoms with Gasteiger partial charge in [-0.15, -0.1) is 0 Å². The van der Waals surface area contributed by atoms with E-state index in [2.05, 4.69) is 5.32 Å². The maximum Gasteiger partial charge on any atom is 0.251 e. The molecule has 0 aromatic heterocycles. The number of carbonyl (C=O) groups is 1. The second-order valence-electron chi connectivity index (χ2n) is 4.53. The molecule has 4 heteroatoms. The van der Waals surface area contributed by atoms with Crippen LogP contribution in [0.2, 0.25) is 0 Å². The van der Waals surface area contributed by atoms with Crippen LogP contribution in [-0.4, -0.2) is 22.7 Å². The van der Waals surface area contributed by atoms with E-state index in [1.807, 2.05) is 24.3 Å². The van der Waals surface area contributed by atoms with Gasteiger partial charge in [0.25, 0.3) is 5.91 Å². The van der Waals surface area contributed by atoms with E-state index in [0.717, 1.165) is 17.5 Å². The zero-order valence-electron chi connectivity index (χ0n) is 11.0. The maximum absolute atomic E-state index is 11.8. The molecular formula is C16H17NO3. The zero-order chi connectivity index (χ0) is 14.4. The fraction of sp³-hybridized carbons (Fsp3) is 0.188. The number of aliphatic hydroxyl groups excluding tert-OH is 1. The first kappa shape index (κ1) is 14.1. The lowest BCUT2D eigenvalue weighted by Crippen LogP contribution is -2.25. The minimum absolute atomic E-state index is 0.0362. The molecule has 0 radical (unpaired) electrons. The lowest BCUT2D eigenvalue weighted by atomic mass is 10.1. The van der Waals surface area contributed by atoms with Crippen LogP contribution in [0.15, 0.2) is 48.5 Å². The molecule has 0 aliphatic heterocycles. The van der Waals surface area contributed by atoms with Crippen molar-refractivity contribution in [3.8, 4) is 5.75 Å². The van der Waals surface area contributed by atoms with Gasteiger partial charge in [0.05, 0.1) is 6.61 Å². The second kappa shape index (κ2) is 6.73. The van der Waals surface area contributed by atoms with Crippen molar-refractivity contribution < 1.29 is 15.0 Å². The van der Waals surface area contributed by atoms with Crippen LogP contribution in [0, 0.1) is 0 Å². The molecule has 0 saturated heterocycles. The van der Waals surface area contributed by atoms with E-state index in [9.17, 15) is 9.90 Å². The number of nitrogens with one attached hydrogen (secondary N) is 1. The molecule has 0 aliphatic carbocycles. The van der Waals surface area contributed by atoms with E-state index < -0.39 is 0 Å². The van der Waals surface area contributed by atoms with E-state index in [-0.39, 0.29) is 18.3 Å². The quantitative estimate of drug-likeness (QED) is 0.777. The van der Waals surface area contributed by atoms with Gasteiger partial charge in [0.1, 0.15) is 5.75 Å². The summed E-state index contributed by atoms with van der Waals surface area (Å²) in [5, 5.41) is 21.1. The fourth-order valence-electron chi connectivity index (χ4n) is 1.88. The minimum Gasteiger partial charge on any atom is -0.508 e. The number of hydrogen-bond donors (Lipinski definition) is 3. The normalized spacial score (nSPS) is 10.2. The van der Waals surface area contributed by atoms with Crippen LogP contribution in [0.5, 0.6) is 5.75 Å². The van der Waals surface area contributed by atoms with Gasteiger partial charge in [-0.25, -0.2) is 0 Å². The average molecular weight is 271 g/mol. The Morgan fingerprint density at radius 2 is 1.75 bits per heavy atom. The summed E-state index contributed by atoms with van der Waals surface area (Å²) >= 11 is 0. The van der Waals surface area contributed by atoms with Gasteiger partial charge in [-0.3, -0.25) is 4.79 Å². The number of phenols is 1. The third-order valence-corrected chi connectivity index (χ3v) is 3.01. The van der Waals surface area contributed by atoms with Gasteiger partial charge in [-0.1, -0.05) is 30.3 Å². The molecule has 4 nitrogen and oxygen atoms in total. The third-order valence-electron chi connectivity index (χ3n) is 3.01. The SMILES string of the molecule is O=C(NCCc1ccc(CO)cc1)c1cccc(O)c1. The minimum atomic E-state index is -0.201. The molecule has 104 valence electrons. The smallest absolute Gasteiger partial charge is 0.251 e. The van der Waals surface area contributed by atoms with Gasteiger partial charge in [0.2, 0.25) is 0 Å². The van der Waals surface area contributed by atoms with Crippen molar-refractivity contribution in [1.82, 2.24) is 5.32 Å². The van der Waals surface area contributed by atoms with Gasteiger partial charge in [-0.05, 0) is 35.7 Å². The monoisotopic (exact) mass is 271 g/mol. The van der Waals surface area contributed by atoms with Gasteiger partial charge < -0.3 is 15.5 Å². The Balaban J connectivity index is 1.84. The number of hydrogen-bond acceptors (Lipinski definition) is 3. The standard InChI is InChI=1S/C16H17NO3/c18-11-13-6-4-12(5-7-13)8-9-17-16(20)14-2-1-3-15(19)10-14/h1-7,10,18-19H,8-9,11H2,(H,17,20). The number of amides is 1.